The normalized spacial score (nSPS) is 19.2. The quantitative estimate of drug-likeness (QED) is 0.197. The van der Waals surface area contributed by atoms with E-state index in [0.717, 1.165) is 0 Å². The summed E-state index contributed by atoms with van der Waals surface area (Å²) in [7, 11) is 0. The molecule has 0 N–H and O–H groups in total. The molecule has 218 valence electrons. The first kappa shape index (κ1) is 26.5. The van der Waals surface area contributed by atoms with Gasteiger partial charge in [0.15, 0.2) is 0 Å². The molecule has 0 spiro atoms. The minimum atomic E-state index is -0.313. The monoisotopic (exact) mass is 579 g/mol. The predicted molar refractivity (Wildman–Crippen MR) is 189 cm³/mol. The van der Waals surface area contributed by atoms with Gasteiger partial charge in [0, 0.05) is 16.5 Å². The average Bonchev–Trinajstić information content (AvgIpc) is 3.34. The Labute approximate surface area is 266 Å². The Hall–Kier alpha value is -4.88. The van der Waals surface area contributed by atoms with Crippen LogP contribution < -0.4 is 4.90 Å². The molecule has 0 aromatic heterocycles. The van der Waals surface area contributed by atoms with Gasteiger partial charge in [0.25, 0.3) is 0 Å². The Bertz CT molecular complexity index is 2170. The molecule has 0 bridgehead atoms. The van der Waals surface area contributed by atoms with Gasteiger partial charge in [0.1, 0.15) is 0 Å². The molecule has 1 aliphatic heterocycles. The van der Waals surface area contributed by atoms with Crippen molar-refractivity contribution in [2.45, 2.75) is 50.9 Å². The van der Waals surface area contributed by atoms with Crippen LogP contribution in [0, 0.1) is 0 Å². The van der Waals surface area contributed by atoms with Crippen LogP contribution in [0.2, 0.25) is 0 Å². The Morgan fingerprint density at radius 3 is 1.78 bits per heavy atom. The molecule has 0 saturated heterocycles. The lowest BCUT2D eigenvalue weighted by Crippen LogP contribution is -2.45. The second kappa shape index (κ2) is 8.86. The summed E-state index contributed by atoms with van der Waals surface area (Å²) in [4.78, 5) is 2.52. The third kappa shape index (κ3) is 3.18. The SMILES string of the molecule is CC12c3ccccc3-c3cccc(c31)N(c1ccccc1)c1ccc3c(c12)-c1cccc(-c2ccccc2)c1C(C)(C)C3(C)C. The molecule has 1 heteroatoms. The smallest absolute Gasteiger partial charge is 0.0512 e. The van der Waals surface area contributed by atoms with Crippen LogP contribution in [0.4, 0.5) is 17.1 Å². The van der Waals surface area contributed by atoms with Crippen molar-refractivity contribution >= 4 is 17.1 Å². The molecule has 45 heavy (non-hydrogen) atoms. The summed E-state index contributed by atoms with van der Waals surface area (Å²) < 4.78 is 0. The number of nitrogens with zero attached hydrogens (tertiary/aromatic N) is 1. The molecular weight excluding hydrogens is 542 g/mol. The van der Waals surface area contributed by atoms with Crippen LogP contribution in [-0.2, 0) is 16.2 Å². The van der Waals surface area contributed by atoms with Crippen LogP contribution in [0.25, 0.3) is 33.4 Å². The highest BCUT2D eigenvalue weighted by molar-refractivity contribution is 6.01. The van der Waals surface area contributed by atoms with Gasteiger partial charge in [-0.1, -0.05) is 137 Å². The Kier molecular flexibility index (Phi) is 5.22. The van der Waals surface area contributed by atoms with Crippen molar-refractivity contribution in [2.75, 3.05) is 4.90 Å². The molecule has 1 unspecified atom stereocenters. The van der Waals surface area contributed by atoms with E-state index in [2.05, 4.69) is 173 Å². The first-order chi connectivity index (χ1) is 21.8. The molecule has 6 aromatic rings. The van der Waals surface area contributed by atoms with Gasteiger partial charge < -0.3 is 4.90 Å². The van der Waals surface area contributed by atoms with Gasteiger partial charge in [-0.15, -0.1) is 0 Å². The van der Waals surface area contributed by atoms with Crippen molar-refractivity contribution in [3.63, 3.8) is 0 Å². The van der Waals surface area contributed by atoms with Gasteiger partial charge in [0.2, 0.25) is 0 Å². The van der Waals surface area contributed by atoms with Crippen LogP contribution in [0.3, 0.4) is 0 Å². The van der Waals surface area contributed by atoms with Gasteiger partial charge >= 0.3 is 0 Å². The van der Waals surface area contributed by atoms with E-state index in [9.17, 15) is 0 Å². The average molecular weight is 580 g/mol. The Morgan fingerprint density at radius 2 is 1.00 bits per heavy atom. The minimum Gasteiger partial charge on any atom is -0.310 e. The van der Waals surface area contributed by atoms with E-state index in [4.69, 9.17) is 0 Å². The van der Waals surface area contributed by atoms with E-state index < -0.39 is 0 Å². The fourth-order valence-electron chi connectivity index (χ4n) is 9.04. The summed E-state index contributed by atoms with van der Waals surface area (Å²) >= 11 is 0. The fourth-order valence-corrected chi connectivity index (χ4v) is 9.04. The number of rotatable bonds is 2. The third-order valence-electron chi connectivity index (χ3n) is 11.8. The highest BCUT2D eigenvalue weighted by Crippen LogP contribution is 2.67. The molecule has 9 rings (SSSR count). The van der Waals surface area contributed by atoms with Crippen molar-refractivity contribution in [1.82, 2.24) is 0 Å². The largest absolute Gasteiger partial charge is 0.310 e. The summed E-state index contributed by atoms with van der Waals surface area (Å²) in [5, 5.41) is 0. The zero-order valence-electron chi connectivity index (χ0n) is 26.6. The zero-order valence-corrected chi connectivity index (χ0v) is 26.6. The summed E-state index contributed by atoms with van der Waals surface area (Å²) in [6.07, 6.45) is 0. The number of fused-ring (bicyclic) bond motifs is 9. The lowest BCUT2D eigenvalue weighted by molar-refractivity contribution is 0.299. The van der Waals surface area contributed by atoms with Crippen molar-refractivity contribution in [3.05, 3.63) is 161 Å². The van der Waals surface area contributed by atoms with Gasteiger partial charge in [-0.25, -0.2) is 0 Å². The zero-order chi connectivity index (χ0) is 30.7. The molecule has 1 heterocycles. The van der Waals surface area contributed by atoms with Crippen molar-refractivity contribution in [2.24, 2.45) is 0 Å². The van der Waals surface area contributed by atoms with Crippen LogP contribution in [0.15, 0.2) is 133 Å². The van der Waals surface area contributed by atoms with Crippen LogP contribution in [0.1, 0.15) is 62.4 Å². The maximum absolute atomic E-state index is 2.52. The van der Waals surface area contributed by atoms with E-state index in [1.807, 2.05) is 0 Å². The van der Waals surface area contributed by atoms with Gasteiger partial charge in [0.05, 0.1) is 11.4 Å². The lowest BCUT2D eigenvalue weighted by atomic mass is 9.52. The predicted octanol–water partition coefficient (Wildman–Crippen LogP) is 11.7. The van der Waals surface area contributed by atoms with E-state index in [1.54, 1.807) is 0 Å². The van der Waals surface area contributed by atoms with Crippen molar-refractivity contribution < 1.29 is 0 Å². The molecule has 0 amide bonds. The minimum absolute atomic E-state index is 0.110. The van der Waals surface area contributed by atoms with Gasteiger partial charge in [-0.3, -0.25) is 0 Å². The Morgan fingerprint density at radius 1 is 0.400 bits per heavy atom. The summed E-state index contributed by atoms with van der Waals surface area (Å²) in [5.41, 5.74) is 18.4. The molecule has 6 aromatic carbocycles. The highest BCUT2D eigenvalue weighted by atomic mass is 15.2. The van der Waals surface area contributed by atoms with Crippen LogP contribution in [0.5, 0.6) is 0 Å². The lowest BCUT2D eigenvalue weighted by Gasteiger charge is -2.52. The molecule has 2 aliphatic carbocycles. The molecule has 3 aliphatic rings. The third-order valence-corrected chi connectivity index (χ3v) is 11.8. The number of hydrogen-bond donors (Lipinski definition) is 0. The molecule has 0 saturated carbocycles. The molecule has 0 radical (unpaired) electrons. The van der Waals surface area contributed by atoms with E-state index in [-0.39, 0.29) is 16.2 Å². The first-order valence-corrected chi connectivity index (χ1v) is 16.2. The Balaban J connectivity index is 1.48. The van der Waals surface area contributed by atoms with Crippen molar-refractivity contribution in [1.29, 1.82) is 0 Å². The van der Waals surface area contributed by atoms with E-state index >= 15 is 0 Å². The second-order valence-electron chi connectivity index (χ2n) is 14.3. The van der Waals surface area contributed by atoms with Gasteiger partial charge in [-0.2, -0.15) is 0 Å². The maximum Gasteiger partial charge on any atom is 0.0512 e. The number of anilines is 3. The number of para-hydroxylation sites is 1. The van der Waals surface area contributed by atoms with Crippen LogP contribution >= 0.6 is 0 Å². The van der Waals surface area contributed by atoms with Crippen LogP contribution in [-0.4, -0.2) is 0 Å². The highest BCUT2D eigenvalue weighted by Gasteiger charge is 2.54. The molecular formula is C44H37N. The van der Waals surface area contributed by atoms with Gasteiger partial charge in [-0.05, 0) is 97.8 Å². The molecule has 1 nitrogen and oxygen atoms in total. The maximum atomic E-state index is 2.52. The van der Waals surface area contributed by atoms with Crippen molar-refractivity contribution in [3.8, 4) is 33.4 Å². The standard InChI is InChI=1S/C44H37N/c1-42(2)35-26-27-37-41(38(35)33-23-14-21-30(39(33)43(42,3)4)28-16-8-6-9-17-28)44(5)34-24-13-12-20-31(34)32-22-15-25-36(40(32)44)45(37)29-18-10-7-11-19-29/h6-27H,1-5H3. The van der Waals surface area contributed by atoms with E-state index in [1.165, 1.54) is 78.3 Å². The first-order valence-electron chi connectivity index (χ1n) is 16.2. The fraction of sp³-hybridized carbons (Fsp3) is 0.182. The summed E-state index contributed by atoms with van der Waals surface area (Å²) in [6.45, 7) is 12.3. The number of benzene rings is 6. The molecule has 0 fully saturated rings. The molecule has 1 atom stereocenters. The summed E-state index contributed by atoms with van der Waals surface area (Å²) in [6, 6.07) is 49.8. The summed E-state index contributed by atoms with van der Waals surface area (Å²) in [5.74, 6) is 0. The topological polar surface area (TPSA) is 3.24 Å². The second-order valence-corrected chi connectivity index (χ2v) is 14.3. The van der Waals surface area contributed by atoms with E-state index in [0.29, 0.717) is 0 Å². The number of hydrogen-bond acceptors (Lipinski definition) is 1.